The van der Waals surface area contributed by atoms with Crippen LogP contribution >= 0.6 is 0 Å². The van der Waals surface area contributed by atoms with E-state index in [1.54, 1.807) is 12.1 Å². The van der Waals surface area contributed by atoms with Gasteiger partial charge in [-0.05, 0) is 37.1 Å². The maximum Gasteiger partial charge on any atom is 0.240 e. The number of morpholine rings is 1. The Morgan fingerprint density at radius 3 is 2.52 bits per heavy atom. The normalized spacial score (nSPS) is 15.8. The molecule has 1 aliphatic heterocycles. The van der Waals surface area contributed by atoms with Crippen molar-refractivity contribution < 1.29 is 17.9 Å². The number of ether oxygens (including phenoxy) is 1. The fraction of sp³-hybridized carbons (Fsp3) is 0.588. The predicted octanol–water partition coefficient (Wildman–Crippen LogP) is 0.518. The van der Waals surface area contributed by atoms with Crippen molar-refractivity contribution in [3.8, 4) is 0 Å². The maximum atomic E-state index is 12.2. The Morgan fingerprint density at radius 2 is 1.92 bits per heavy atom. The molecule has 0 radical (unpaired) electrons. The lowest BCUT2D eigenvalue weighted by atomic mass is 10.1. The number of sulfonamides is 1. The Labute approximate surface area is 150 Å². The molecule has 1 N–H and O–H groups in total. The minimum Gasteiger partial charge on any atom is -0.379 e. The van der Waals surface area contributed by atoms with E-state index in [2.05, 4.69) is 10.2 Å². The summed E-state index contributed by atoms with van der Waals surface area (Å²) in [5, 5.41) is 2.80. The third-order valence-corrected chi connectivity index (χ3v) is 5.46. The Balaban J connectivity index is 1.94. The summed E-state index contributed by atoms with van der Waals surface area (Å²) in [4.78, 5) is 14.4. The van der Waals surface area contributed by atoms with Gasteiger partial charge in [0, 0.05) is 26.2 Å². The van der Waals surface area contributed by atoms with Crippen molar-refractivity contribution in [3.63, 3.8) is 0 Å². The van der Waals surface area contributed by atoms with Gasteiger partial charge in [0.1, 0.15) is 6.54 Å². The zero-order chi connectivity index (χ0) is 18.4. The lowest BCUT2D eigenvalue weighted by molar-refractivity contribution is -0.119. The van der Waals surface area contributed by atoms with Crippen LogP contribution in [-0.2, 0) is 19.6 Å². The molecule has 1 aromatic carbocycles. The quantitative estimate of drug-likeness (QED) is 0.758. The molecular formula is C17H27N3O4S. The van der Waals surface area contributed by atoms with E-state index < -0.39 is 10.0 Å². The fourth-order valence-electron chi connectivity index (χ4n) is 2.65. The van der Waals surface area contributed by atoms with Gasteiger partial charge in [0.15, 0.2) is 0 Å². The molecule has 1 aliphatic rings. The first-order chi connectivity index (χ1) is 11.8. The largest absolute Gasteiger partial charge is 0.379 e. The first-order valence-corrected chi connectivity index (χ1v) is 10.2. The molecule has 0 unspecified atom stereocenters. The molecule has 0 aromatic heterocycles. The summed E-state index contributed by atoms with van der Waals surface area (Å²) in [6, 6.07) is 5.38. The summed E-state index contributed by atoms with van der Waals surface area (Å²) < 4.78 is 30.6. The summed E-state index contributed by atoms with van der Waals surface area (Å²) >= 11 is 0. The molecular weight excluding hydrogens is 342 g/mol. The van der Waals surface area contributed by atoms with Crippen LogP contribution in [0.15, 0.2) is 18.2 Å². The van der Waals surface area contributed by atoms with Crippen molar-refractivity contribution in [2.24, 2.45) is 0 Å². The lowest BCUT2D eigenvalue weighted by Gasteiger charge is -2.27. The number of carbonyl (C=O) groups excluding carboxylic acids is 1. The fourth-order valence-corrected chi connectivity index (χ4v) is 3.49. The molecule has 0 atom stereocenters. The molecule has 0 saturated carbocycles. The highest BCUT2D eigenvalue weighted by atomic mass is 32.2. The molecule has 1 saturated heterocycles. The van der Waals surface area contributed by atoms with Gasteiger partial charge in [-0.1, -0.05) is 6.07 Å². The van der Waals surface area contributed by atoms with Crippen molar-refractivity contribution in [1.82, 2.24) is 10.2 Å². The van der Waals surface area contributed by atoms with Gasteiger partial charge < -0.3 is 10.1 Å². The van der Waals surface area contributed by atoms with Crippen molar-refractivity contribution in [3.05, 3.63) is 29.3 Å². The van der Waals surface area contributed by atoms with Gasteiger partial charge in [0.2, 0.25) is 15.9 Å². The van der Waals surface area contributed by atoms with E-state index in [1.165, 1.54) is 0 Å². The Bertz CT molecular complexity index is 700. The Kier molecular flexibility index (Phi) is 6.80. The summed E-state index contributed by atoms with van der Waals surface area (Å²) in [5.41, 5.74) is 2.57. The second-order valence-electron chi connectivity index (χ2n) is 6.34. The van der Waals surface area contributed by atoms with E-state index in [9.17, 15) is 13.2 Å². The van der Waals surface area contributed by atoms with E-state index >= 15 is 0 Å². The number of rotatable bonds is 7. The van der Waals surface area contributed by atoms with Gasteiger partial charge in [-0.3, -0.25) is 14.0 Å². The zero-order valence-electron chi connectivity index (χ0n) is 15.1. The average molecular weight is 369 g/mol. The van der Waals surface area contributed by atoms with E-state index in [1.807, 2.05) is 19.9 Å². The molecule has 1 heterocycles. The van der Waals surface area contributed by atoms with Gasteiger partial charge in [-0.2, -0.15) is 0 Å². The van der Waals surface area contributed by atoms with Crippen molar-refractivity contribution in [1.29, 1.82) is 0 Å². The molecule has 0 bridgehead atoms. The van der Waals surface area contributed by atoms with Crippen LogP contribution in [-0.4, -0.2) is 71.4 Å². The Hall–Kier alpha value is -1.64. The van der Waals surface area contributed by atoms with Crippen molar-refractivity contribution in [2.45, 2.75) is 13.8 Å². The van der Waals surface area contributed by atoms with Gasteiger partial charge in [0.25, 0.3) is 0 Å². The maximum absolute atomic E-state index is 12.2. The number of amides is 1. The zero-order valence-corrected chi connectivity index (χ0v) is 15.9. The smallest absolute Gasteiger partial charge is 0.240 e. The molecule has 140 valence electrons. The summed E-state index contributed by atoms with van der Waals surface area (Å²) in [6.07, 6.45) is 1.11. The standard InChI is InChI=1S/C17H27N3O4S/c1-14-4-5-16(12-15(14)2)20(25(3,22)23)13-17(21)18-6-7-19-8-10-24-11-9-19/h4-5,12H,6-11,13H2,1-3H3,(H,18,21). The molecule has 7 nitrogen and oxygen atoms in total. The number of aryl methyl sites for hydroxylation is 2. The third kappa shape index (κ3) is 5.98. The SMILES string of the molecule is Cc1ccc(N(CC(=O)NCCN2CCOCC2)S(C)(=O)=O)cc1C. The number of carbonyl (C=O) groups is 1. The lowest BCUT2D eigenvalue weighted by Crippen LogP contribution is -2.44. The van der Waals surface area contributed by atoms with E-state index in [0.717, 1.165) is 41.3 Å². The van der Waals surface area contributed by atoms with Gasteiger partial charge in [-0.15, -0.1) is 0 Å². The van der Waals surface area contributed by atoms with Crippen LogP contribution in [0.5, 0.6) is 0 Å². The summed E-state index contributed by atoms with van der Waals surface area (Å²) in [7, 11) is -3.54. The minimum absolute atomic E-state index is 0.218. The number of benzene rings is 1. The molecule has 0 spiro atoms. The first kappa shape index (κ1) is 19.7. The first-order valence-electron chi connectivity index (χ1n) is 8.39. The molecule has 1 aromatic rings. The highest BCUT2D eigenvalue weighted by Crippen LogP contribution is 2.20. The van der Waals surface area contributed by atoms with Gasteiger partial charge >= 0.3 is 0 Å². The van der Waals surface area contributed by atoms with Crippen molar-refractivity contribution >= 4 is 21.6 Å². The molecule has 25 heavy (non-hydrogen) atoms. The van der Waals surface area contributed by atoms with Crippen LogP contribution in [0, 0.1) is 13.8 Å². The minimum atomic E-state index is -3.54. The van der Waals surface area contributed by atoms with Crippen LogP contribution in [0.2, 0.25) is 0 Å². The van der Waals surface area contributed by atoms with E-state index in [4.69, 9.17) is 4.74 Å². The van der Waals surface area contributed by atoms with Crippen molar-refractivity contribution in [2.75, 3.05) is 56.5 Å². The Morgan fingerprint density at radius 1 is 1.24 bits per heavy atom. The average Bonchev–Trinajstić information content (AvgIpc) is 2.55. The third-order valence-electron chi connectivity index (χ3n) is 4.32. The van der Waals surface area contributed by atoms with Crippen LogP contribution in [0.1, 0.15) is 11.1 Å². The van der Waals surface area contributed by atoms with Crippen LogP contribution in [0.4, 0.5) is 5.69 Å². The molecule has 1 amide bonds. The topological polar surface area (TPSA) is 79.0 Å². The highest BCUT2D eigenvalue weighted by Gasteiger charge is 2.21. The van der Waals surface area contributed by atoms with Gasteiger partial charge in [0.05, 0.1) is 25.2 Å². The summed E-state index contributed by atoms with van der Waals surface area (Å²) in [5.74, 6) is -0.308. The second-order valence-corrected chi connectivity index (χ2v) is 8.25. The number of hydrogen-bond acceptors (Lipinski definition) is 5. The monoisotopic (exact) mass is 369 g/mol. The van der Waals surface area contributed by atoms with Gasteiger partial charge in [-0.25, -0.2) is 8.42 Å². The number of hydrogen-bond donors (Lipinski definition) is 1. The second kappa shape index (κ2) is 8.64. The van der Waals surface area contributed by atoms with E-state index in [0.29, 0.717) is 25.4 Å². The predicted molar refractivity (Wildman–Crippen MR) is 98.4 cm³/mol. The number of nitrogens with zero attached hydrogens (tertiary/aromatic N) is 2. The molecule has 8 heteroatoms. The molecule has 0 aliphatic carbocycles. The van der Waals surface area contributed by atoms with E-state index in [-0.39, 0.29) is 12.5 Å². The molecule has 2 rings (SSSR count). The number of nitrogens with one attached hydrogen (secondary N) is 1. The van der Waals surface area contributed by atoms with Crippen LogP contribution in [0.3, 0.4) is 0 Å². The molecule has 1 fully saturated rings. The highest BCUT2D eigenvalue weighted by molar-refractivity contribution is 7.92. The number of anilines is 1. The summed E-state index contributed by atoms with van der Waals surface area (Å²) in [6.45, 7) is 8.02. The van der Waals surface area contributed by atoms with Crippen LogP contribution < -0.4 is 9.62 Å². The van der Waals surface area contributed by atoms with Crippen LogP contribution in [0.25, 0.3) is 0 Å².